The van der Waals surface area contributed by atoms with Crippen LogP contribution in [0.5, 0.6) is 0 Å². The molecule has 7 heteroatoms. The zero-order valence-electron chi connectivity index (χ0n) is 15.1. The van der Waals surface area contributed by atoms with Crippen molar-refractivity contribution in [2.75, 3.05) is 19.6 Å². The van der Waals surface area contributed by atoms with Gasteiger partial charge in [-0.25, -0.2) is 9.78 Å². The second-order valence-corrected chi connectivity index (χ2v) is 7.59. The Morgan fingerprint density at radius 1 is 1.30 bits per heavy atom. The van der Waals surface area contributed by atoms with E-state index in [1.165, 1.54) is 5.56 Å². The zero-order chi connectivity index (χ0) is 18.5. The highest BCUT2D eigenvalue weighted by Gasteiger charge is 2.27. The predicted octanol–water partition coefficient (Wildman–Crippen LogP) is 3.66. The smallest absolute Gasteiger partial charge is 0.317 e. The van der Waals surface area contributed by atoms with Gasteiger partial charge < -0.3 is 10.2 Å². The number of carbonyl (C=O) groups excluding carboxylic acids is 1. The van der Waals surface area contributed by atoms with Gasteiger partial charge >= 0.3 is 6.03 Å². The number of aromatic nitrogens is 3. The predicted molar refractivity (Wildman–Crippen MR) is 107 cm³/mol. The molecular formula is C20H23N5OS. The van der Waals surface area contributed by atoms with Gasteiger partial charge in [-0.15, -0.1) is 0 Å². The van der Waals surface area contributed by atoms with Gasteiger partial charge in [-0.1, -0.05) is 30.3 Å². The number of aromatic amines is 1. The Hall–Kier alpha value is -2.67. The molecule has 0 aliphatic carbocycles. The Bertz CT molecular complexity index is 862. The number of H-pyrrole nitrogens is 1. The van der Waals surface area contributed by atoms with Gasteiger partial charge in [-0.3, -0.25) is 5.10 Å². The molecule has 2 amide bonds. The molecule has 0 spiro atoms. The third kappa shape index (κ3) is 4.36. The molecule has 1 aliphatic rings. The number of amides is 2. The molecule has 2 N–H and O–H groups in total. The SMILES string of the molecule is O=C(NCCc1ccsc1)N1CCCC(c2nc(-c3ccccc3)n[nH]2)C1. The van der Waals surface area contributed by atoms with Crippen LogP contribution in [-0.2, 0) is 6.42 Å². The number of urea groups is 1. The Morgan fingerprint density at radius 3 is 3.00 bits per heavy atom. The van der Waals surface area contributed by atoms with E-state index in [0.717, 1.165) is 37.2 Å². The fraction of sp³-hybridized carbons (Fsp3) is 0.350. The molecule has 1 atom stereocenters. The van der Waals surface area contributed by atoms with Gasteiger partial charge in [-0.05, 0) is 41.7 Å². The van der Waals surface area contributed by atoms with Crippen molar-refractivity contribution in [2.24, 2.45) is 0 Å². The third-order valence-corrected chi connectivity index (χ3v) is 5.63. The Balaban J connectivity index is 1.34. The highest BCUT2D eigenvalue weighted by molar-refractivity contribution is 7.07. The molecule has 1 saturated heterocycles. The minimum absolute atomic E-state index is 0.0118. The molecule has 2 aromatic heterocycles. The second-order valence-electron chi connectivity index (χ2n) is 6.81. The molecule has 4 rings (SSSR count). The van der Waals surface area contributed by atoms with Crippen molar-refractivity contribution in [3.05, 3.63) is 58.5 Å². The minimum atomic E-state index is 0.0118. The van der Waals surface area contributed by atoms with E-state index in [0.29, 0.717) is 18.9 Å². The van der Waals surface area contributed by atoms with Gasteiger partial charge in [0, 0.05) is 31.1 Å². The number of piperidine rings is 1. The van der Waals surface area contributed by atoms with E-state index in [2.05, 4.69) is 37.3 Å². The maximum Gasteiger partial charge on any atom is 0.317 e. The van der Waals surface area contributed by atoms with E-state index in [1.54, 1.807) is 11.3 Å². The Morgan fingerprint density at radius 2 is 2.19 bits per heavy atom. The molecule has 1 aromatic carbocycles. The summed E-state index contributed by atoms with van der Waals surface area (Å²) in [4.78, 5) is 19.1. The van der Waals surface area contributed by atoms with E-state index in [9.17, 15) is 4.79 Å². The molecule has 3 aromatic rings. The number of rotatable bonds is 5. The van der Waals surface area contributed by atoms with Crippen LogP contribution in [0.4, 0.5) is 4.79 Å². The van der Waals surface area contributed by atoms with Crippen molar-refractivity contribution in [1.29, 1.82) is 0 Å². The van der Waals surface area contributed by atoms with Crippen LogP contribution in [0.25, 0.3) is 11.4 Å². The highest BCUT2D eigenvalue weighted by Crippen LogP contribution is 2.26. The summed E-state index contributed by atoms with van der Waals surface area (Å²) in [7, 11) is 0. The van der Waals surface area contributed by atoms with Crippen LogP contribution in [-0.4, -0.2) is 45.7 Å². The summed E-state index contributed by atoms with van der Waals surface area (Å²) in [5, 5.41) is 14.7. The molecule has 27 heavy (non-hydrogen) atoms. The van der Waals surface area contributed by atoms with Crippen LogP contribution in [0.3, 0.4) is 0 Å². The summed E-state index contributed by atoms with van der Waals surface area (Å²) < 4.78 is 0. The number of hydrogen-bond acceptors (Lipinski definition) is 4. The van der Waals surface area contributed by atoms with Crippen molar-refractivity contribution < 1.29 is 4.79 Å². The summed E-state index contributed by atoms with van der Waals surface area (Å²) in [6.07, 6.45) is 2.86. The maximum absolute atomic E-state index is 12.5. The van der Waals surface area contributed by atoms with E-state index in [1.807, 2.05) is 35.2 Å². The summed E-state index contributed by atoms with van der Waals surface area (Å²) >= 11 is 1.69. The Kier molecular flexibility index (Phi) is 5.48. The summed E-state index contributed by atoms with van der Waals surface area (Å²) in [6, 6.07) is 12.1. The van der Waals surface area contributed by atoms with Crippen molar-refractivity contribution in [2.45, 2.75) is 25.2 Å². The van der Waals surface area contributed by atoms with Gasteiger partial charge in [0.05, 0.1) is 0 Å². The minimum Gasteiger partial charge on any atom is -0.338 e. The fourth-order valence-corrected chi connectivity index (χ4v) is 4.12. The molecular weight excluding hydrogens is 358 g/mol. The summed E-state index contributed by atoms with van der Waals surface area (Å²) in [6.45, 7) is 2.13. The monoisotopic (exact) mass is 381 g/mol. The standard InChI is InChI=1S/C20H23N5OS/c26-20(21-10-8-15-9-12-27-14-15)25-11-4-7-17(13-25)19-22-18(23-24-19)16-5-2-1-3-6-16/h1-3,5-6,9,12,14,17H,4,7-8,10-11,13H2,(H,21,26)(H,22,23,24). The number of hydrogen-bond donors (Lipinski definition) is 2. The number of nitrogens with zero attached hydrogens (tertiary/aromatic N) is 3. The first-order chi connectivity index (χ1) is 13.3. The lowest BCUT2D eigenvalue weighted by Crippen LogP contribution is -2.45. The van der Waals surface area contributed by atoms with Crippen LogP contribution in [0.2, 0.25) is 0 Å². The molecule has 6 nitrogen and oxygen atoms in total. The molecule has 1 aliphatic heterocycles. The number of thiophene rings is 1. The molecule has 0 bridgehead atoms. The first-order valence-corrected chi connectivity index (χ1v) is 10.3. The molecule has 0 radical (unpaired) electrons. The van der Waals surface area contributed by atoms with Crippen LogP contribution >= 0.6 is 11.3 Å². The normalized spacial score (nSPS) is 17.0. The lowest BCUT2D eigenvalue weighted by Gasteiger charge is -2.31. The fourth-order valence-electron chi connectivity index (χ4n) is 3.42. The van der Waals surface area contributed by atoms with Crippen molar-refractivity contribution in [3.8, 4) is 11.4 Å². The van der Waals surface area contributed by atoms with Gasteiger partial charge in [0.15, 0.2) is 5.82 Å². The molecule has 140 valence electrons. The third-order valence-electron chi connectivity index (χ3n) is 4.90. The van der Waals surface area contributed by atoms with E-state index >= 15 is 0 Å². The number of likely N-dealkylation sites (tertiary alicyclic amines) is 1. The van der Waals surface area contributed by atoms with Crippen molar-refractivity contribution in [1.82, 2.24) is 25.4 Å². The number of nitrogens with one attached hydrogen (secondary N) is 2. The lowest BCUT2D eigenvalue weighted by molar-refractivity contribution is 0.178. The zero-order valence-corrected chi connectivity index (χ0v) is 15.9. The first kappa shape index (κ1) is 17.7. The topological polar surface area (TPSA) is 73.9 Å². The first-order valence-electron chi connectivity index (χ1n) is 9.31. The lowest BCUT2D eigenvalue weighted by atomic mass is 9.97. The van der Waals surface area contributed by atoms with E-state index in [-0.39, 0.29) is 11.9 Å². The second kappa shape index (κ2) is 8.35. The van der Waals surface area contributed by atoms with Crippen LogP contribution < -0.4 is 5.32 Å². The average molecular weight is 382 g/mol. The van der Waals surface area contributed by atoms with Crippen molar-refractivity contribution in [3.63, 3.8) is 0 Å². The van der Waals surface area contributed by atoms with Gasteiger partial charge in [0.2, 0.25) is 0 Å². The van der Waals surface area contributed by atoms with Crippen LogP contribution in [0.15, 0.2) is 47.2 Å². The van der Waals surface area contributed by atoms with Crippen LogP contribution in [0, 0.1) is 0 Å². The molecule has 0 saturated carbocycles. The summed E-state index contributed by atoms with van der Waals surface area (Å²) in [5.74, 6) is 1.78. The van der Waals surface area contributed by atoms with E-state index < -0.39 is 0 Å². The van der Waals surface area contributed by atoms with Crippen LogP contribution in [0.1, 0.15) is 30.1 Å². The average Bonchev–Trinajstić information content (AvgIpc) is 3.41. The summed E-state index contributed by atoms with van der Waals surface area (Å²) in [5.41, 5.74) is 2.27. The van der Waals surface area contributed by atoms with Gasteiger partial charge in [0.1, 0.15) is 5.82 Å². The molecule has 1 unspecified atom stereocenters. The maximum atomic E-state index is 12.5. The highest BCUT2D eigenvalue weighted by atomic mass is 32.1. The number of benzene rings is 1. The largest absolute Gasteiger partial charge is 0.338 e. The quantitative estimate of drug-likeness (QED) is 0.708. The van der Waals surface area contributed by atoms with E-state index in [4.69, 9.17) is 0 Å². The Labute approximate surface area is 162 Å². The molecule has 1 fully saturated rings. The number of carbonyl (C=O) groups is 1. The van der Waals surface area contributed by atoms with Crippen molar-refractivity contribution >= 4 is 17.4 Å². The molecule has 3 heterocycles. The van der Waals surface area contributed by atoms with Gasteiger partial charge in [0.25, 0.3) is 0 Å². The van der Waals surface area contributed by atoms with Gasteiger partial charge in [-0.2, -0.15) is 16.4 Å².